The standard InChI is InChI=1S/C25H35N3O6/c1-2-3-9-20(23(29)24(30)26-18-10-11-21-22(16-18)34-17-33-21)28(19-7-5-4-6-8-19)25(31)27-12-14-32-15-13-27/h10-11,16,19-20H,2-9,12-15,17H2,1H3,(H,26,30)/t20-/m0/s1. The lowest BCUT2D eigenvalue weighted by Crippen LogP contribution is -2.59. The number of nitrogens with one attached hydrogen (secondary N) is 1. The largest absolute Gasteiger partial charge is 0.454 e. The SMILES string of the molecule is CCCC[C@@H](C(=O)C(=O)Nc1ccc2c(c1)OCO2)N(C(=O)N1CCOCC1)C1CCCCC1. The molecule has 1 aliphatic carbocycles. The van der Waals surface area contributed by atoms with Gasteiger partial charge in [0.25, 0.3) is 5.91 Å². The summed E-state index contributed by atoms with van der Waals surface area (Å²) in [5, 5.41) is 2.71. The van der Waals surface area contributed by atoms with Gasteiger partial charge in [-0.15, -0.1) is 0 Å². The highest BCUT2D eigenvalue weighted by molar-refractivity contribution is 6.42. The molecule has 2 fully saturated rings. The van der Waals surface area contributed by atoms with Gasteiger partial charge >= 0.3 is 6.03 Å². The molecule has 9 nitrogen and oxygen atoms in total. The summed E-state index contributed by atoms with van der Waals surface area (Å²) < 4.78 is 16.1. The van der Waals surface area contributed by atoms with Crippen molar-refractivity contribution in [3.8, 4) is 11.5 Å². The second kappa shape index (κ2) is 11.6. The van der Waals surface area contributed by atoms with Crippen LogP contribution in [0.3, 0.4) is 0 Å². The number of hydrogen-bond acceptors (Lipinski definition) is 6. The van der Waals surface area contributed by atoms with E-state index in [1.165, 1.54) is 0 Å². The van der Waals surface area contributed by atoms with Crippen LogP contribution in [-0.2, 0) is 14.3 Å². The van der Waals surface area contributed by atoms with Crippen molar-refractivity contribution in [3.63, 3.8) is 0 Å². The molecule has 186 valence electrons. The molecule has 1 saturated carbocycles. The van der Waals surface area contributed by atoms with Crippen molar-refractivity contribution in [2.75, 3.05) is 38.4 Å². The van der Waals surface area contributed by atoms with E-state index in [2.05, 4.69) is 5.32 Å². The maximum atomic E-state index is 13.7. The zero-order valence-electron chi connectivity index (χ0n) is 19.9. The van der Waals surface area contributed by atoms with E-state index in [0.717, 1.165) is 44.9 Å². The van der Waals surface area contributed by atoms with Crippen LogP contribution in [0.15, 0.2) is 18.2 Å². The number of nitrogens with zero attached hydrogens (tertiary/aromatic N) is 2. The number of rotatable bonds is 8. The normalized spacial score (nSPS) is 18.9. The quantitative estimate of drug-likeness (QED) is 0.580. The third-order valence-corrected chi connectivity index (χ3v) is 6.79. The minimum absolute atomic E-state index is 0.0340. The number of carbonyl (C=O) groups is 3. The molecule has 3 amide bonds. The number of hydrogen-bond donors (Lipinski definition) is 1. The Morgan fingerprint density at radius 3 is 2.56 bits per heavy atom. The van der Waals surface area contributed by atoms with Gasteiger partial charge in [0, 0.05) is 30.9 Å². The minimum atomic E-state index is -0.785. The van der Waals surface area contributed by atoms with Gasteiger partial charge in [0.05, 0.1) is 13.2 Å². The van der Waals surface area contributed by atoms with Crippen LogP contribution in [0.4, 0.5) is 10.5 Å². The molecule has 34 heavy (non-hydrogen) atoms. The van der Waals surface area contributed by atoms with Crippen LogP contribution >= 0.6 is 0 Å². The van der Waals surface area contributed by atoms with Gasteiger partial charge in [-0.25, -0.2) is 4.79 Å². The summed E-state index contributed by atoms with van der Waals surface area (Å²) in [6, 6.07) is 4.05. The average Bonchev–Trinajstić information content (AvgIpc) is 3.35. The highest BCUT2D eigenvalue weighted by Crippen LogP contribution is 2.34. The van der Waals surface area contributed by atoms with Crippen molar-refractivity contribution in [1.82, 2.24) is 9.80 Å². The smallest absolute Gasteiger partial charge is 0.321 e. The summed E-state index contributed by atoms with van der Waals surface area (Å²) in [4.78, 5) is 43.9. The first kappa shape index (κ1) is 24.3. The van der Waals surface area contributed by atoms with Crippen LogP contribution in [0.2, 0.25) is 0 Å². The molecular formula is C25H35N3O6. The molecule has 1 aromatic carbocycles. The number of fused-ring (bicyclic) bond motifs is 1. The van der Waals surface area contributed by atoms with Crippen LogP contribution in [0.1, 0.15) is 58.3 Å². The van der Waals surface area contributed by atoms with Gasteiger partial charge in [-0.1, -0.05) is 39.0 Å². The number of morpholine rings is 1. The molecule has 2 aliphatic heterocycles. The van der Waals surface area contributed by atoms with E-state index in [9.17, 15) is 14.4 Å². The Balaban J connectivity index is 1.55. The van der Waals surface area contributed by atoms with Crippen LogP contribution in [0, 0.1) is 0 Å². The topological polar surface area (TPSA) is 97.4 Å². The lowest BCUT2D eigenvalue weighted by Gasteiger charge is -2.42. The Morgan fingerprint density at radius 1 is 1.09 bits per heavy atom. The number of benzene rings is 1. The summed E-state index contributed by atoms with van der Waals surface area (Å²) >= 11 is 0. The number of unbranched alkanes of at least 4 members (excludes halogenated alkanes) is 1. The van der Waals surface area contributed by atoms with E-state index in [0.29, 0.717) is 49.9 Å². The van der Waals surface area contributed by atoms with E-state index in [1.54, 1.807) is 28.0 Å². The van der Waals surface area contributed by atoms with Gasteiger partial charge in [0.15, 0.2) is 11.5 Å². The zero-order chi connectivity index (χ0) is 23.9. The number of urea groups is 1. The van der Waals surface area contributed by atoms with Crippen molar-refractivity contribution < 1.29 is 28.6 Å². The molecule has 0 bridgehead atoms. The monoisotopic (exact) mass is 473 g/mol. The molecule has 0 radical (unpaired) electrons. The molecule has 1 aromatic rings. The van der Waals surface area contributed by atoms with E-state index in [1.807, 2.05) is 6.92 Å². The summed E-state index contributed by atoms with van der Waals surface area (Å²) in [5.41, 5.74) is 0.459. The third-order valence-electron chi connectivity index (χ3n) is 6.79. The van der Waals surface area contributed by atoms with E-state index in [4.69, 9.17) is 14.2 Å². The fraction of sp³-hybridized carbons (Fsp3) is 0.640. The van der Waals surface area contributed by atoms with Crippen LogP contribution in [-0.4, -0.2) is 72.7 Å². The molecule has 4 rings (SSSR count). The predicted octanol–water partition coefficient (Wildman–Crippen LogP) is 3.57. The Hall–Kier alpha value is -2.81. The zero-order valence-corrected chi connectivity index (χ0v) is 19.9. The van der Waals surface area contributed by atoms with E-state index < -0.39 is 17.7 Å². The van der Waals surface area contributed by atoms with Crippen molar-refractivity contribution in [3.05, 3.63) is 18.2 Å². The highest BCUT2D eigenvalue weighted by Gasteiger charge is 2.40. The van der Waals surface area contributed by atoms with Gasteiger partial charge in [-0.3, -0.25) is 9.59 Å². The third kappa shape index (κ3) is 5.63. The van der Waals surface area contributed by atoms with Gasteiger partial charge in [0.2, 0.25) is 12.6 Å². The minimum Gasteiger partial charge on any atom is -0.454 e. The van der Waals surface area contributed by atoms with Gasteiger partial charge in [-0.2, -0.15) is 0 Å². The number of Topliss-reactive ketones (excluding diaryl/α,β-unsaturated/α-hetero) is 1. The van der Waals surface area contributed by atoms with Gasteiger partial charge in [0.1, 0.15) is 6.04 Å². The molecular weight excluding hydrogens is 438 g/mol. The highest BCUT2D eigenvalue weighted by atomic mass is 16.7. The Morgan fingerprint density at radius 2 is 1.82 bits per heavy atom. The summed E-state index contributed by atoms with van der Waals surface area (Å²) in [6.45, 7) is 4.15. The maximum absolute atomic E-state index is 13.7. The summed E-state index contributed by atoms with van der Waals surface area (Å²) in [6.07, 6.45) is 6.99. The van der Waals surface area contributed by atoms with Crippen molar-refractivity contribution in [2.45, 2.75) is 70.4 Å². The number of amides is 3. The Bertz CT molecular complexity index is 879. The van der Waals surface area contributed by atoms with Crippen molar-refractivity contribution in [1.29, 1.82) is 0 Å². The first-order valence-corrected chi connectivity index (χ1v) is 12.5. The lowest BCUT2D eigenvalue weighted by atomic mass is 9.91. The van der Waals surface area contributed by atoms with Crippen LogP contribution in [0.5, 0.6) is 11.5 Å². The van der Waals surface area contributed by atoms with Crippen molar-refractivity contribution in [2.24, 2.45) is 0 Å². The molecule has 1 N–H and O–H groups in total. The van der Waals surface area contributed by atoms with Crippen LogP contribution in [0.25, 0.3) is 0 Å². The summed E-state index contributed by atoms with van der Waals surface area (Å²) in [7, 11) is 0. The molecule has 2 heterocycles. The molecule has 3 aliphatic rings. The first-order valence-electron chi connectivity index (χ1n) is 12.5. The maximum Gasteiger partial charge on any atom is 0.321 e. The van der Waals surface area contributed by atoms with Gasteiger partial charge in [-0.05, 0) is 31.4 Å². The number of ketones is 1. The van der Waals surface area contributed by atoms with Gasteiger partial charge < -0.3 is 29.3 Å². The second-order valence-corrected chi connectivity index (χ2v) is 9.13. The number of carbonyl (C=O) groups excluding carboxylic acids is 3. The lowest BCUT2D eigenvalue weighted by molar-refractivity contribution is -0.138. The number of anilines is 1. The molecule has 0 unspecified atom stereocenters. The van der Waals surface area contributed by atoms with E-state index in [-0.39, 0.29) is 18.9 Å². The molecule has 0 aromatic heterocycles. The number of ether oxygens (including phenoxy) is 3. The molecule has 1 saturated heterocycles. The first-order chi connectivity index (χ1) is 16.6. The Labute approximate surface area is 200 Å². The summed E-state index contributed by atoms with van der Waals surface area (Å²) in [5.74, 6) is -0.155. The molecule has 0 spiro atoms. The fourth-order valence-electron chi connectivity index (χ4n) is 4.93. The average molecular weight is 474 g/mol. The predicted molar refractivity (Wildman–Crippen MR) is 126 cm³/mol. The van der Waals surface area contributed by atoms with E-state index >= 15 is 0 Å². The Kier molecular flexibility index (Phi) is 8.26. The molecule has 1 atom stereocenters. The van der Waals surface area contributed by atoms with Crippen molar-refractivity contribution >= 4 is 23.4 Å². The fourth-order valence-corrected chi connectivity index (χ4v) is 4.93. The molecule has 9 heteroatoms. The van der Waals surface area contributed by atoms with Crippen LogP contribution < -0.4 is 14.8 Å². The second-order valence-electron chi connectivity index (χ2n) is 9.13.